The molecular weight excluding hydrogens is 480 g/mol. The Balaban J connectivity index is 1.43. The van der Waals surface area contributed by atoms with Gasteiger partial charge >= 0.3 is 5.97 Å². The van der Waals surface area contributed by atoms with E-state index in [-0.39, 0.29) is 18.5 Å². The lowest BCUT2D eigenvalue weighted by molar-refractivity contribution is -0.134. The third kappa shape index (κ3) is 4.52. The van der Waals surface area contributed by atoms with Crippen LogP contribution in [0.5, 0.6) is 11.5 Å². The summed E-state index contributed by atoms with van der Waals surface area (Å²) in [7, 11) is 1.42. The Morgan fingerprint density at radius 2 is 1.76 bits per heavy atom. The molecule has 200 valence electrons. The molecule has 3 aromatic rings. The second kappa shape index (κ2) is 10.7. The number of esters is 1. The molecule has 0 bridgehead atoms. The predicted octanol–water partition coefficient (Wildman–Crippen LogP) is 5.93. The van der Waals surface area contributed by atoms with Crippen molar-refractivity contribution < 1.29 is 23.8 Å². The fourth-order valence-electron chi connectivity index (χ4n) is 6.53. The molecule has 0 radical (unpaired) electrons. The lowest BCUT2D eigenvalue weighted by atomic mass is 9.81. The molecule has 2 fully saturated rings. The number of carbonyl (C=O) groups excluding carboxylic acids is 2. The monoisotopic (exact) mass is 516 g/mol. The van der Waals surface area contributed by atoms with Crippen LogP contribution in [0.15, 0.2) is 36.4 Å². The van der Waals surface area contributed by atoms with Gasteiger partial charge in [0.1, 0.15) is 6.61 Å². The Hall–Kier alpha value is -3.48. The molecule has 6 rings (SSSR count). The van der Waals surface area contributed by atoms with Gasteiger partial charge in [0.25, 0.3) is 5.91 Å². The van der Waals surface area contributed by atoms with Crippen LogP contribution in [0.1, 0.15) is 73.2 Å². The number of nitrogens with zero attached hydrogens (tertiary/aromatic N) is 2. The maximum Gasteiger partial charge on any atom is 0.337 e. The lowest BCUT2D eigenvalue weighted by Gasteiger charge is -2.27. The van der Waals surface area contributed by atoms with E-state index in [9.17, 15) is 9.59 Å². The first kappa shape index (κ1) is 24.8. The van der Waals surface area contributed by atoms with E-state index < -0.39 is 0 Å². The number of rotatable bonds is 5. The van der Waals surface area contributed by atoms with Crippen LogP contribution >= 0.6 is 0 Å². The first-order valence-electron chi connectivity index (χ1n) is 14.1. The Morgan fingerprint density at radius 3 is 2.55 bits per heavy atom. The molecule has 0 atom stereocenters. The van der Waals surface area contributed by atoms with Gasteiger partial charge in [-0.05, 0) is 67.9 Å². The molecule has 1 aromatic heterocycles. The average molecular weight is 517 g/mol. The van der Waals surface area contributed by atoms with E-state index in [0.29, 0.717) is 36.1 Å². The summed E-state index contributed by atoms with van der Waals surface area (Å²) in [6, 6.07) is 11.9. The highest BCUT2D eigenvalue weighted by Gasteiger charge is 2.31. The Kier molecular flexibility index (Phi) is 7.00. The Bertz CT molecular complexity index is 1350. The smallest absolute Gasteiger partial charge is 0.337 e. The van der Waals surface area contributed by atoms with Crippen LogP contribution in [0.4, 0.5) is 0 Å². The third-order valence-corrected chi connectivity index (χ3v) is 8.39. The van der Waals surface area contributed by atoms with Gasteiger partial charge < -0.3 is 23.7 Å². The number of hydrogen-bond acceptors (Lipinski definition) is 5. The topological polar surface area (TPSA) is 70.0 Å². The van der Waals surface area contributed by atoms with E-state index in [4.69, 9.17) is 14.2 Å². The molecule has 0 spiro atoms. The maximum atomic E-state index is 12.8. The normalized spacial score (nSPS) is 17.8. The van der Waals surface area contributed by atoms with E-state index >= 15 is 0 Å². The maximum absolute atomic E-state index is 12.8. The molecule has 3 heterocycles. The van der Waals surface area contributed by atoms with Crippen LogP contribution in [0.25, 0.3) is 22.2 Å². The summed E-state index contributed by atoms with van der Waals surface area (Å²) in [4.78, 5) is 27.1. The minimum Gasteiger partial charge on any atom is -0.487 e. The number of fused-ring (bicyclic) bond motifs is 5. The van der Waals surface area contributed by atoms with Crippen molar-refractivity contribution in [3.63, 3.8) is 0 Å². The highest BCUT2D eigenvalue weighted by molar-refractivity contribution is 5.99. The molecule has 38 heavy (non-hydrogen) atoms. The third-order valence-electron chi connectivity index (χ3n) is 8.39. The molecule has 3 aliphatic rings. The molecule has 1 saturated carbocycles. The van der Waals surface area contributed by atoms with Crippen molar-refractivity contribution in [2.24, 2.45) is 0 Å². The molecule has 0 unspecified atom stereocenters. The van der Waals surface area contributed by atoms with Crippen LogP contribution in [0.3, 0.4) is 0 Å². The number of amides is 1. The first-order valence-corrected chi connectivity index (χ1v) is 14.1. The van der Waals surface area contributed by atoms with Crippen LogP contribution < -0.4 is 9.47 Å². The van der Waals surface area contributed by atoms with Crippen LogP contribution in [-0.4, -0.2) is 54.8 Å². The first-order chi connectivity index (χ1) is 18.7. The van der Waals surface area contributed by atoms with Crippen LogP contribution in [0, 0.1) is 0 Å². The van der Waals surface area contributed by atoms with Crippen molar-refractivity contribution in [1.82, 2.24) is 9.47 Å². The average Bonchev–Trinajstić information content (AvgIpc) is 3.17. The zero-order chi connectivity index (χ0) is 26.1. The number of methoxy groups -OCH3 is 1. The van der Waals surface area contributed by atoms with E-state index in [2.05, 4.69) is 16.7 Å². The lowest BCUT2D eigenvalue weighted by Crippen LogP contribution is -2.38. The van der Waals surface area contributed by atoms with Crippen molar-refractivity contribution >= 4 is 22.8 Å². The van der Waals surface area contributed by atoms with Crippen molar-refractivity contribution in [3.8, 4) is 22.8 Å². The number of ether oxygens (including phenoxy) is 3. The fourth-order valence-corrected chi connectivity index (χ4v) is 6.53. The van der Waals surface area contributed by atoms with Gasteiger partial charge in [0.2, 0.25) is 0 Å². The minimum atomic E-state index is -0.332. The number of aromatic nitrogens is 1. The van der Waals surface area contributed by atoms with E-state index in [1.54, 1.807) is 0 Å². The summed E-state index contributed by atoms with van der Waals surface area (Å²) in [5, 5.41) is 1.19. The van der Waals surface area contributed by atoms with Gasteiger partial charge in [-0.25, -0.2) is 4.79 Å². The predicted molar refractivity (Wildman–Crippen MR) is 146 cm³/mol. The molecule has 2 aliphatic heterocycles. The highest BCUT2D eigenvalue weighted by Crippen LogP contribution is 2.49. The van der Waals surface area contributed by atoms with Gasteiger partial charge in [-0.15, -0.1) is 0 Å². The van der Waals surface area contributed by atoms with Gasteiger partial charge in [0.15, 0.2) is 18.1 Å². The molecule has 7 nitrogen and oxygen atoms in total. The number of piperidine rings is 1. The number of likely N-dealkylation sites (tertiary alicyclic amines) is 1. The SMILES string of the molecule is COC(=O)c1ccc2c(C3CCCCC3)c3n(c2c1)CCOc1c(OCC(=O)N2CCCCC2)cccc1-3. The molecule has 0 N–H and O–H groups in total. The standard InChI is InChI=1S/C31H36N2O5/c1-36-31(35)22-13-14-23-25(19-22)33-17-18-37-30-24(29(33)28(23)21-9-4-2-5-10-21)11-8-12-26(30)38-20-27(34)32-15-6-3-7-16-32/h8,11-14,19,21H,2-7,9-10,15-18,20H2,1H3. The molecule has 1 saturated heterocycles. The largest absolute Gasteiger partial charge is 0.487 e. The van der Waals surface area contributed by atoms with E-state index in [1.807, 2.05) is 29.2 Å². The summed E-state index contributed by atoms with van der Waals surface area (Å²) < 4.78 is 19.8. The summed E-state index contributed by atoms with van der Waals surface area (Å²) in [5.74, 6) is 1.45. The van der Waals surface area contributed by atoms with Gasteiger partial charge in [-0.3, -0.25) is 4.79 Å². The fraction of sp³-hybridized carbons (Fsp3) is 0.484. The van der Waals surface area contributed by atoms with Crippen molar-refractivity contribution in [3.05, 3.63) is 47.5 Å². The van der Waals surface area contributed by atoms with Crippen LogP contribution in [0.2, 0.25) is 0 Å². The number of hydrogen-bond donors (Lipinski definition) is 0. The van der Waals surface area contributed by atoms with Crippen molar-refractivity contribution in [2.45, 2.75) is 63.8 Å². The van der Waals surface area contributed by atoms with Gasteiger partial charge in [0.05, 0.1) is 24.9 Å². The van der Waals surface area contributed by atoms with Gasteiger partial charge in [-0.2, -0.15) is 0 Å². The zero-order valence-electron chi connectivity index (χ0n) is 22.2. The number of para-hydroxylation sites is 1. The number of carbonyl (C=O) groups is 2. The van der Waals surface area contributed by atoms with Gasteiger partial charge in [0, 0.05) is 29.6 Å². The molecular formula is C31H36N2O5. The molecule has 7 heteroatoms. The minimum absolute atomic E-state index is 0.0147. The van der Waals surface area contributed by atoms with Gasteiger partial charge in [-0.1, -0.05) is 31.4 Å². The van der Waals surface area contributed by atoms with Crippen molar-refractivity contribution in [2.75, 3.05) is 33.4 Å². The number of benzene rings is 2. The van der Waals surface area contributed by atoms with E-state index in [1.165, 1.54) is 43.7 Å². The summed E-state index contributed by atoms with van der Waals surface area (Å²) in [6.45, 7) is 2.76. The molecule has 1 amide bonds. The second-order valence-electron chi connectivity index (χ2n) is 10.7. The summed E-state index contributed by atoms with van der Waals surface area (Å²) >= 11 is 0. The summed E-state index contributed by atoms with van der Waals surface area (Å²) in [6.07, 6.45) is 9.33. The highest BCUT2D eigenvalue weighted by atomic mass is 16.5. The zero-order valence-corrected chi connectivity index (χ0v) is 22.2. The van der Waals surface area contributed by atoms with Crippen molar-refractivity contribution in [1.29, 1.82) is 0 Å². The van der Waals surface area contributed by atoms with Crippen LogP contribution in [-0.2, 0) is 16.1 Å². The molecule has 1 aliphatic carbocycles. The molecule has 2 aromatic carbocycles. The summed E-state index contributed by atoms with van der Waals surface area (Å²) in [5.41, 5.74) is 5.06. The quantitative estimate of drug-likeness (QED) is 0.394. The Morgan fingerprint density at radius 1 is 0.974 bits per heavy atom. The van der Waals surface area contributed by atoms with E-state index in [0.717, 1.165) is 55.5 Å². The second-order valence-corrected chi connectivity index (χ2v) is 10.7. The Labute approximate surface area is 223 Å².